The van der Waals surface area contributed by atoms with Crippen molar-refractivity contribution in [3.05, 3.63) is 42.5 Å². The van der Waals surface area contributed by atoms with Crippen molar-refractivity contribution in [3.8, 4) is 11.5 Å². The van der Waals surface area contributed by atoms with Crippen molar-refractivity contribution in [3.63, 3.8) is 0 Å². The average Bonchev–Trinajstić information content (AvgIpc) is 2.39. The van der Waals surface area contributed by atoms with E-state index >= 15 is 0 Å². The van der Waals surface area contributed by atoms with E-state index in [0.717, 1.165) is 0 Å². The van der Waals surface area contributed by atoms with Crippen LogP contribution in [0.3, 0.4) is 0 Å². The zero-order chi connectivity index (χ0) is 13.4. The molecule has 0 aliphatic heterocycles. The minimum Gasteiger partial charge on any atom is -0.497 e. The van der Waals surface area contributed by atoms with Gasteiger partial charge in [0.15, 0.2) is 0 Å². The predicted molar refractivity (Wildman–Crippen MR) is 72.1 cm³/mol. The van der Waals surface area contributed by atoms with E-state index in [1.807, 2.05) is 13.0 Å². The number of carbonyl (C=O) groups excluding carboxylic acids is 1. The van der Waals surface area contributed by atoms with Crippen molar-refractivity contribution in [2.75, 3.05) is 19.5 Å². The molecule has 18 heavy (non-hydrogen) atoms. The van der Waals surface area contributed by atoms with Crippen LogP contribution in [0.4, 0.5) is 5.69 Å². The Hall–Kier alpha value is -2.23. The summed E-state index contributed by atoms with van der Waals surface area (Å²) >= 11 is 0. The Kier molecular flexibility index (Phi) is 5.51. The zero-order valence-corrected chi connectivity index (χ0v) is 10.8. The highest BCUT2D eigenvalue weighted by Crippen LogP contribution is 2.28. The van der Waals surface area contributed by atoms with Gasteiger partial charge in [-0.05, 0) is 19.1 Å². The number of hydrogen-bond donors (Lipinski definition) is 1. The molecule has 96 valence electrons. The molecule has 1 amide bonds. The maximum atomic E-state index is 11.6. The Balaban J connectivity index is 2.84. The molecule has 0 bridgehead atoms. The first-order valence-electron chi connectivity index (χ1n) is 5.53. The van der Waals surface area contributed by atoms with Gasteiger partial charge in [-0.15, -0.1) is 0 Å². The minimum absolute atomic E-state index is 0.223. The van der Waals surface area contributed by atoms with E-state index in [2.05, 4.69) is 5.32 Å². The van der Waals surface area contributed by atoms with Crippen molar-refractivity contribution in [1.29, 1.82) is 0 Å². The zero-order valence-electron chi connectivity index (χ0n) is 10.8. The van der Waals surface area contributed by atoms with Crippen molar-refractivity contribution in [2.45, 2.75) is 6.92 Å². The first-order valence-corrected chi connectivity index (χ1v) is 5.53. The van der Waals surface area contributed by atoms with E-state index in [1.54, 1.807) is 44.6 Å². The molecule has 0 spiro atoms. The largest absolute Gasteiger partial charge is 0.497 e. The van der Waals surface area contributed by atoms with Gasteiger partial charge in [0.25, 0.3) is 0 Å². The molecule has 0 radical (unpaired) electrons. The van der Waals surface area contributed by atoms with E-state index < -0.39 is 0 Å². The number of ether oxygens (including phenoxy) is 2. The van der Waals surface area contributed by atoms with Crippen molar-refractivity contribution in [1.82, 2.24) is 0 Å². The lowest BCUT2D eigenvalue weighted by atomic mass is 10.2. The Morgan fingerprint density at radius 1 is 1.22 bits per heavy atom. The maximum Gasteiger partial charge on any atom is 0.248 e. The lowest BCUT2D eigenvalue weighted by molar-refractivity contribution is -0.111. The van der Waals surface area contributed by atoms with E-state index in [9.17, 15) is 4.79 Å². The number of allylic oxidation sites excluding steroid dienone is 3. The van der Waals surface area contributed by atoms with Gasteiger partial charge in [0.1, 0.15) is 11.5 Å². The first kappa shape index (κ1) is 13.8. The van der Waals surface area contributed by atoms with Gasteiger partial charge in [-0.1, -0.05) is 18.2 Å². The molecule has 1 rings (SSSR count). The molecular weight excluding hydrogens is 230 g/mol. The number of carbonyl (C=O) groups is 1. The van der Waals surface area contributed by atoms with Crippen LogP contribution < -0.4 is 14.8 Å². The van der Waals surface area contributed by atoms with Crippen LogP contribution in [0.15, 0.2) is 42.5 Å². The summed E-state index contributed by atoms with van der Waals surface area (Å²) in [6.45, 7) is 1.88. The van der Waals surface area contributed by atoms with E-state index in [-0.39, 0.29) is 5.91 Å². The molecule has 0 aliphatic carbocycles. The third-order valence-electron chi connectivity index (χ3n) is 2.22. The second-order valence-electron chi connectivity index (χ2n) is 3.44. The van der Waals surface area contributed by atoms with Crippen molar-refractivity contribution in [2.24, 2.45) is 0 Å². The monoisotopic (exact) mass is 247 g/mol. The van der Waals surface area contributed by atoms with Gasteiger partial charge >= 0.3 is 0 Å². The molecule has 4 heteroatoms. The van der Waals surface area contributed by atoms with E-state index in [1.165, 1.54) is 6.08 Å². The number of amides is 1. The second-order valence-corrected chi connectivity index (χ2v) is 3.44. The molecule has 0 aliphatic rings. The Morgan fingerprint density at radius 3 is 2.61 bits per heavy atom. The predicted octanol–water partition coefficient (Wildman–Crippen LogP) is 2.77. The first-order chi connectivity index (χ1) is 8.71. The molecule has 1 N–H and O–H groups in total. The highest BCUT2D eigenvalue weighted by atomic mass is 16.5. The normalized spacial score (nSPS) is 10.8. The molecule has 0 fully saturated rings. The summed E-state index contributed by atoms with van der Waals surface area (Å²) in [5.41, 5.74) is 0.576. The van der Waals surface area contributed by atoms with Crippen LogP contribution in [-0.2, 0) is 4.79 Å². The third-order valence-corrected chi connectivity index (χ3v) is 2.22. The second kappa shape index (κ2) is 7.17. The van der Waals surface area contributed by atoms with E-state index in [0.29, 0.717) is 17.2 Å². The number of methoxy groups -OCH3 is 2. The van der Waals surface area contributed by atoms with Crippen molar-refractivity contribution >= 4 is 11.6 Å². The average molecular weight is 247 g/mol. The fourth-order valence-corrected chi connectivity index (χ4v) is 1.34. The molecular formula is C14H17NO3. The molecule has 0 aromatic heterocycles. The molecule has 0 saturated carbocycles. The fourth-order valence-electron chi connectivity index (χ4n) is 1.34. The Labute approximate surface area is 107 Å². The number of rotatable bonds is 5. The summed E-state index contributed by atoms with van der Waals surface area (Å²) in [5, 5.41) is 2.73. The van der Waals surface area contributed by atoms with Gasteiger partial charge < -0.3 is 14.8 Å². The minimum atomic E-state index is -0.223. The number of hydrogen-bond acceptors (Lipinski definition) is 3. The quantitative estimate of drug-likeness (QED) is 0.643. The van der Waals surface area contributed by atoms with Gasteiger partial charge in [-0.25, -0.2) is 0 Å². The summed E-state index contributed by atoms with van der Waals surface area (Å²) in [5.74, 6) is 1.02. The molecule has 0 saturated heterocycles. The third kappa shape index (κ3) is 3.97. The standard InChI is InChI=1S/C14H17NO3/c1-4-5-6-7-14(16)15-12-10-11(17-2)8-9-13(12)18-3/h4-10H,1-3H3,(H,15,16)/b5-4+,7-6+. The summed E-state index contributed by atoms with van der Waals surface area (Å²) in [6, 6.07) is 5.22. The lowest BCUT2D eigenvalue weighted by Crippen LogP contribution is -2.09. The SMILES string of the molecule is C/C=C/C=C/C(=O)Nc1cc(OC)ccc1OC. The highest BCUT2D eigenvalue weighted by Gasteiger charge is 2.06. The molecule has 4 nitrogen and oxygen atoms in total. The van der Waals surface area contributed by atoms with Crippen LogP contribution in [0.25, 0.3) is 0 Å². The molecule has 1 aromatic rings. The van der Waals surface area contributed by atoms with Gasteiger partial charge in [-0.3, -0.25) is 4.79 Å². The number of benzene rings is 1. The molecule has 1 aromatic carbocycles. The number of nitrogens with one attached hydrogen (secondary N) is 1. The van der Waals surface area contributed by atoms with Crippen LogP contribution in [-0.4, -0.2) is 20.1 Å². The summed E-state index contributed by atoms with van der Waals surface area (Å²) < 4.78 is 10.3. The van der Waals surface area contributed by atoms with Crippen LogP contribution >= 0.6 is 0 Å². The molecule has 0 atom stereocenters. The van der Waals surface area contributed by atoms with Gasteiger partial charge in [0.05, 0.1) is 19.9 Å². The van der Waals surface area contributed by atoms with Gasteiger partial charge in [-0.2, -0.15) is 0 Å². The summed E-state index contributed by atoms with van der Waals surface area (Å²) in [6.07, 6.45) is 6.74. The van der Waals surface area contributed by atoms with Crippen LogP contribution in [0.5, 0.6) is 11.5 Å². The molecule has 0 heterocycles. The van der Waals surface area contributed by atoms with E-state index in [4.69, 9.17) is 9.47 Å². The van der Waals surface area contributed by atoms with Gasteiger partial charge in [0.2, 0.25) is 5.91 Å². The summed E-state index contributed by atoms with van der Waals surface area (Å²) in [4.78, 5) is 11.6. The summed E-state index contributed by atoms with van der Waals surface area (Å²) in [7, 11) is 3.12. The van der Waals surface area contributed by atoms with Gasteiger partial charge in [0, 0.05) is 12.1 Å². The van der Waals surface area contributed by atoms with Crippen LogP contribution in [0, 0.1) is 0 Å². The highest BCUT2D eigenvalue weighted by molar-refractivity contribution is 6.00. The smallest absolute Gasteiger partial charge is 0.248 e. The van der Waals surface area contributed by atoms with Crippen LogP contribution in [0.2, 0.25) is 0 Å². The van der Waals surface area contributed by atoms with Crippen LogP contribution in [0.1, 0.15) is 6.92 Å². The Bertz CT molecular complexity index is 464. The number of anilines is 1. The van der Waals surface area contributed by atoms with Crippen molar-refractivity contribution < 1.29 is 14.3 Å². The maximum absolute atomic E-state index is 11.6. The lowest BCUT2D eigenvalue weighted by Gasteiger charge is -2.10. The topological polar surface area (TPSA) is 47.6 Å². The fraction of sp³-hybridized carbons (Fsp3) is 0.214. The molecule has 0 unspecified atom stereocenters. The Morgan fingerprint density at radius 2 is 2.00 bits per heavy atom.